The molecule has 0 aliphatic rings. The maximum atomic E-state index is 13.0. The van der Waals surface area contributed by atoms with E-state index in [9.17, 15) is 9.18 Å². The fourth-order valence-corrected chi connectivity index (χ4v) is 2.19. The van der Waals surface area contributed by atoms with Gasteiger partial charge in [0.1, 0.15) is 5.82 Å². The second-order valence-corrected chi connectivity index (χ2v) is 4.35. The van der Waals surface area contributed by atoms with Gasteiger partial charge in [0.2, 0.25) is 0 Å². The molecular weight excluding hydrogens is 245 g/mol. The fourth-order valence-electron chi connectivity index (χ4n) is 2.19. The Balaban J connectivity index is 2.47. The predicted octanol–water partition coefficient (Wildman–Crippen LogP) is 3.32. The summed E-state index contributed by atoms with van der Waals surface area (Å²) < 4.78 is 19.8. The van der Waals surface area contributed by atoms with Gasteiger partial charge in [-0.1, -0.05) is 0 Å². The highest BCUT2D eigenvalue weighted by Crippen LogP contribution is 2.27. The quantitative estimate of drug-likeness (QED) is 0.794. The Morgan fingerprint density at radius 1 is 1.32 bits per heavy atom. The Kier molecular flexibility index (Phi) is 3.69. The molecule has 0 bridgehead atoms. The Labute approximate surface area is 111 Å². The Morgan fingerprint density at radius 3 is 2.53 bits per heavy atom. The summed E-state index contributed by atoms with van der Waals surface area (Å²) >= 11 is 0. The first kappa shape index (κ1) is 13.3. The summed E-state index contributed by atoms with van der Waals surface area (Å²) in [5.74, 6) is -0.606. The smallest absolute Gasteiger partial charge is 0.339 e. The molecule has 0 saturated carbocycles. The normalized spacial score (nSPS) is 10.5. The molecule has 1 aromatic heterocycles. The number of nitrogens with zero attached hydrogens (tertiary/aromatic N) is 1. The summed E-state index contributed by atoms with van der Waals surface area (Å²) in [5.41, 5.74) is 3.15. The van der Waals surface area contributed by atoms with Gasteiger partial charge in [-0.05, 0) is 49.2 Å². The molecule has 0 unspecified atom stereocenters. The standard InChI is InChI=1S/C15H16FNO2/c1-4-19-15(18)13-9-17(3)14(10(13)2)11-5-7-12(16)8-6-11/h5-9H,4H2,1-3H3. The first-order chi connectivity index (χ1) is 9.04. The van der Waals surface area contributed by atoms with Gasteiger partial charge in [-0.25, -0.2) is 9.18 Å². The Morgan fingerprint density at radius 2 is 1.95 bits per heavy atom. The average molecular weight is 261 g/mol. The third-order valence-electron chi connectivity index (χ3n) is 3.05. The number of rotatable bonds is 3. The maximum Gasteiger partial charge on any atom is 0.339 e. The van der Waals surface area contributed by atoms with E-state index in [2.05, 4.69) is 0 Å². The summed E-state index contributed by atoms with van der Waals surface area (Å²) in [4.78, 5) is 11.8. The zero-order chi connectivity index (χ0) is 14.0. The van der Waals surface area contributed by atoms with E-state index in [1.54, 1.807) is 25.3 Å². The van der Waals surface area contributed by atoms with Crippen molar-refractivity contribution in [2.24, 2.45) is 7.05 Å². The third-order valence-corrected chi connectivity index (χ3v) is 3.05. The molecule has 3 nitrogen and oxygen atoms in total. The third kappa shape index (κ3) is 2.52. The molecule has 1 heterocycles. The summed E-state index contributed by atoms with van der Waals surface area (Å²) in [6.45, 7) is 3.99. The molecule has 0 radical (unpaired) electrons. The molecule has 0 saturated heterocycles. The number of carbonyl (C=O) groups excluding carboxylic acids is 1. The van der Waals surface area contributed by atoms with E-state index in [1.165, 1.54) is 12.1 Å². The molecule has 0 aliphatic carbocycles. The van der Waals surface area contributed by atoms with E-state index < -0.39 is 0 Å². The van der Waals surface area contributed by atoms with E-state index in [1.807, 2.05) is 18.5 Å². The largest absolute Gasteiger partial charge is 0.462 e. The first-order valence-corrected chi connectivity index (χ1v) is 6.13. The number of ether oxygens (including phenoxy) is 1. The second-order valence-electron chi connectivity index (χ2n) is 4.35. The van der Waals surface area contributed by atoms with Crippen molar-refractivity contribution in [3.63, 3.8) is 0 Å². The molecule has 0 atom stereocenters. The molecular formula is C15H16FNO2. The first-order valence-electron chi connectivity index (χ1n) is 6.13. The van der Waals surface area contributed by atoms with Crippen LogP contribution in [0.2, 0.25) is 0 Å². The van der Waals surface area contributed by atoms with Gasteiger partial charge in [0.05, 0.1) is 17.9 Å². The minimum atomic E-state index is -0.330. The maximum absolute atomic E-state index is 13.0. The molecule has 2 aromatic rings. The predicted molar refractivity (Wildman–Crippen MR) is 71.5 cm³/mol. The number of aryl methyl sites for hydroxylation is 1. The van der Waals surface area contributed by atoms with Crippen LogP contribution in [0.1, 0.15) is 22.8 Å². The van der Waals surface area contributed by atoms with Gasteiger partial charge in [-0.2, -0.15) is 0 Å². The molecule has 0 amide bonds. The van der Waals surface area contributed by atoms with Crippen molar-refractivity contribution < 1.29 is 13.9 Å². The summed E-state index contributed by atoms with van der Waals surface area (Å²) in [6, 6.07) is 6.22. The molecule has 2 rings (SSSR count). The van der Waals surface area contributed by atoms with E-state index >= 15 is 0 Å². The van der Waals surface area contributed by atoms with E-state index in [4.69, 9.17) is 4.74 Å². The minimum Gasteiger partial charge on any atom is -0.462 e. The topological polar surface area (TPSA) is 31.2 Å². The van der Waals surface area contributed by atoms with Crippen molar-refractivity contribution in [1.29, 1.82) is 0 Å². The van der Waals surface area contributed by atoms with Crippen LogP contribution in [0.15, 0.2) is 30.5 Å². The summed E-state index contributed by atoms with van der Waals surface area (Å²) in [6.07, 6.45) is 1.74. The van der Waals surface area contributed by atoms with Crippen molar-refractivity contribution in [2.45, 2.75) is 13.8 Å². The van der Waals surface area contributed by atoms with Gasteiger partial charge in [-0.3, -0.25) is 0 Å². The van der Waals surface area contributed by atoms with E-state index in [0.29, 0.717) is 12.2 Å². The lowest BCUT2D eigenvalue weighted by Gasteiger charge is -2.05. The van der Waals surface area contributed by atoms with Crippen LogP contribution >= 0.6 is 0 Å². The monoisotopic (exact) mass is 261 g/mol. The van der Waals surface area contributed by atoms with Crippen LogP contribution in [0.25, 0.3) is 11.3 Å². The van der Waals surface area contributed by atoms with E-state index in [0.717, 1.165) is 16.8 Å². The molecule has 4 heteroatoms. The highest BCUT2D eigenvalue weighted by Gasteiger charge is 2.18. The van der Waals surface area contributed by atoms with Crippen LogP contribution in [-0.4, -0.2) is 17.1 Å². The summed E-state index contributed by atoms with van der Waals surface area (Å²) in [7, 11) is 1.86. The van der Waals surface area contributed by atoms with Crippen LogP contribution in [-0.2, 0) is 11.8 Å². The van der Waals surface area contributed by atoms with Gasteiger partial charge in [0.15, 0.2) is 0 Å². The molecule has 0 aliphatic heterocycles. The number of esters is 1. The number of hydrogen-bond donors (Lipinski definition) is 0. The SMILES string of the molecule is CCOC(=O)c1cn(C)c(-c2ccc(F)cc2)c1C. The van der Waals surface area contributed by atoms with Crippen molar-refractivity contribution >= 4 is 5.97 Å². The number of carbonyl (C=O) groups is 1. The van der Waals surface area contributed by atoms with Crippen LogP contribution in [0.4, 0.5) is 4.39 Å². The van der Waals surface area contributed by atoms with Crippen molar-refractivity contribution in [3.05, 3.63) is 47.4 Å². The molecule has 0 spiro atoms. The molecule has 0 fully saturated rings. The molecule has 100 valence electrons. The van der Waals surface area contributed by atoms with Crippen LogP contribution in [0.3, 0.4) is 0 Å². The number of halogens is 1. The van der Waals surface area contributed by atoms with Gasteiger partial charge >= 0.3 is 5.97 Å². The number of aromatic nitrogens is 1. The van der Waals surface area contributed by atoms with Crippen LogP contribution < -0.4 is 0 Å². The zero-order valence-corrected chi connectivity index (χ0v) is 11.2. The highest BCUT2D eigenvalue weighted by molar-refractivity contribution is 5.93. The second kappa shape index (κ2) is 5.26. The lowest BCUT2D eigenvalue weighted by Crippen LogP contribution is -2.04. The van der Waals surface area contributed by atoms with Crippen molar-refractivity contribution in [3.8, 4) is 11.3 Å². The van der Waals surface area contributed by atoms with Crippen molar-refractivity contribution in [2.75, 3.05) is 6.61 Å². The Bertz CT molecular complexity index is 599. The zero-order valence-electron chi connectivity index (χ0n) is 11.2. The van der Waals surface area contributed by atoms with Crippen LogP contribution in [0, 0.1) is 12.7 Å². The molecule has 1 aromatic carbocycles. The van der Waals surface area contributed by atoms with Gasteiger partial charge in [0.25, 0.3) is 0 Å². The van der Waals surface area contributed by atoms with Gasteiger partial charge in [-0.15, -0.1) is 0 Å². The van der Waals surface area contributed by atoms with E-state index in [-0.39, 0.29) is 11.8 Å². The Hall–Kier alpha value is -2.10. The lowest BCUT2D eigenvalue weighted by atomic mass is 10.1. The summed E-state index contributed by atoms with van der Waals surface area (Å²) in [5, 5.41) is 0. The average Bonchev–Trinajstić information content (AvgIpc) is 2.67. The van der Waals surface area contributed by atoms with Crippen molar-refractivity contribution in [1.82, 2.24) is 4.57 Å². The number of hydrogen-bond acceptors (Lipinski definition) is 2. The minimum absolute atomic E-state index is 0.277. The highest BCUT2D eigenvalue weighted by atomic mass is 19.1. The fraction of sp³-hybridized carbons (Fsp3) is 0.267. The lowest BCUT2D eigenvalue weighted by molar-refractivity contribution is 0.0525. The van der Waals surface area contributed by atoms with Crippen LogP contribution in [0.5, 0.6) is 0 Å². The number of benzene rings is 1. The molecule has 19 heavy (non-hydrogen) atoms. The molecule has 0 N–H and O–H groups in total. The van der Waals surface area contributed by atoms with Gasteiger partial charge < -0.3 is 9.30 Å². The van der Waals surface area contributed by atoms with Gasteiger partial charge in [0, 0.05) is 13.2 Å².